The fraction of sp³-hybridized carbons (Fsp3) is 0.714. The highest BCUT2D eigenvalue weighted by Crippen LogP contribution is 2.41. The summed E-state index contributed by atoms with van der Waals surface area (Å²) in [7, 11) is -3.33. The molecule has 0 radical (unpaired) electrons. The zero-order chi connectivity index (χ0) is 23.5. The lowest BCUT2D eigenvalue weighted by molar-refractivity contribution is -0.161. The van der Waals surface area contributed by atoms with Gasteiger partial charge in [0.05, 0.1) is 19.0 Å². The number of hydrogen-bond acceptors (Lipinski definition) is 5. The molecular formula is C21H30F4N2O4S. The van der Waals surface area contributed by atoms with E-state index in [9.17, 15) is 26.0 Å². The van der Waals surface area contributed by atoms with E-state index in [2.05, 4.69) is 14.8 Å². The fourth-order valence-electron chi connectivity index (χ4n) is 4.49. The molecule has 11 heteroatoms. The van der Waals surface area contributed by atoms with Gasteiger partial charge < -0.3 is 14.8 Å². The third-order valence-electron chi connectivity index (χ3n) is 5.89. The molecule has 1 saturated carbocycles. The Balaban J connectivity index is 1.59. The number of alkyl halides is 2. The molecule has 6 nitrogen and oxygen atoms in total. The van der Waals surface area contributed by atoms with Crippen LogP contribution in [0.5, 0.6) is 5.75 Å². The smallest absolute Gasteiger partial charge is 0.395 e. The number of halogens is 4. The number of hydrogen-bond donors (Lipinski definition) is 2. The molecule has 0 spiro atoms. The molecule has 1 aromatic carbocycles. The van der Waals surface area contributed by atoms with Gasteiger partial charge in [0.25, 0.3) is 0 Å². The van der Waals surface area contributed by atoms with Crippen LogP contribution in [0.25, 0.3) is 0 Å². The molecule has 0 amide bonds. The number of piperidine rings is 1. The first-order valence-electron chi connectivity index (χ1n) is 10.8. The SMILES string of the molecule is CC(F)(F)Oc1c(F)cc(F)cc1C1CCC(OC[C@@H]2NCCC[C@@H]2NS(C)(=O)=O)CC1. The van der Waals surface area contributed by atoms with Crippen LogP contribution in [0.1, 0.15) is 56.9 Å². The Morgan fingerprint density at radius 2 is 1.84 bits per heavy atom. The lowest BCUT2D eigenvalue weighted by Crippen LogP contribution is -2.55. The van der Waals surface area contributed by atoms with Crippen molar-refractivity contribution in [3.05, 3.63) is 29.3 Å². The Labute approximate surface area is 186 Å². The van der Waals surface area contributed by atoms with Crippen molar-refractivity contribution < 1.29 is 35.5 Å². The van der Waals surface area contributed by atoms with E-state index >= 15 is 0 Å². The predicted octanol–water partition coefficient (Wildman–Crippen LogP) is 3.67. The minimum Gasteiger partial charge on any atom is -0.429 e. The number of rotatable bonds is 8. The standard InChI is InChI=1S/C21H30F4N2O4S/c1-21(24,25)31-20-16(10-14(22)11-17(20)23)13-5-7-15(8-6-13)30-12-19-18(4-3-9-26-19)27-32(2,28)29/h10-11,13,15,18-19,26-27H,3-9,12H2,1-2H3/t13?,15?,18-,19-/m0/s1. The monoisotopic (exact) mass is 482 g/mol. The Kier molecular flexibility index (Phi) is 8.06. The van der Waals surface area contributed by atoms with Crippen molar-refractivity contribution in [1.29, 1.82) is 0 Å². The minimum absolute atomic E-state index is 0.105. The summed E-state index contributed by atoms with van der Waals surface area (Å²) < 4.78 is 91.0. The fourth-order valence-corrected chi connectivity index (χ4v) is 5.33. The van der Waals surface area contributed by atoms with Crippen LogP contribution >= 0.6 is 0 Å². The summed E-state index contributed by atoms with van der Waals surface area (Å²) >= 11 is 0. The summed E-state index contributed by atoms with van der Waals surface area (Å²) in [6.07, 6.45) is 1.19. The molecule has 32 heavy (non-hydrogen) atoms. The summed E-state index contributed by atoms with van der Waals surface area (Å²) in [5.41, 5.74) is 0.105. The average molecular weight is 483 g/mol. The maximum Gasteiger partial charge on any atom is 0.395 e. The average Bonchev–Trinajstić information content (AvgIpc) is 2.68. The lowest BCUT2D eigenvalue weighted by atomic mass is 9.82. The van der Waals surface area contributed by atoms with Crippen molar-refractivity contribution in [3.63, 3.8) is 0 Å². The van der Waals surface area contributed by atoms with Crippen LogP contribution in [0.3, 0.4) is 0 Å². The molecule has 2 atom stereocenters. The number of ether oxygens (including phenoxy) is 2. The molecule has 1 heterocycles. The predicted molar refractivity (Wildman–Crippen MR) is 111 cm³/mol. The van der Waals surface area contributed by atoms with Crippen LogP contribution in [0.4, 0.5) is 17.6 Å². The van der Waals surface area contributed by atoms with E-state index in [1.54, 1.807) is 0 Å². The van der Waals surface area contributed by atoms with Gasteiger partial charge in [0.15, 0.2) is 11.6 Å². The van der Waals surface area contributed by atoms with E-state index in [1.165, 1.54) is 0 Å². The Morgan fingerprint density at radius 3 is 2.47 bits per heavy atom. The Hall–Kier alpha value is -1.43. The van der Waals surface area contributed by atoms with Crippen LogP contribution < -0.4 is 14.8 Å². The molecule has 3 rings (SSSR count). The van der Waals surface area contributed by atoms with Crippen molar-refractivity contribution in [2.24, 2.45) is 0 Å². The molecule has 0 unspecified atom stereocenters. The molecule has 1 aliphatic carbocycles. The molecule has 2 fully saturated rings. The van der Waals surface area contributed by atoms with Crippen LogP contribution in [-0.2, 0) is 14.8 Å². The van der Waals surface area contributed by atoms with Crippen LogP contribution in [-0.4, -0.2) is 52.1 Å². The molecule has 182 valence electrons. The van der Waals surface area contributed by atoms with Crippen LogP contribution in [0, 0.1) is 11.6 Å². The van der Waals surface area contributed by atoms with E-state index < -0.39 is 33.5 Å². The summed E-state index contributed by atoms with van der Waals surface area (Å²) in [4.78, 5) is 0. The van der Waals surface area contributed by atoms with Crippen molar-refractivity contribution in [3.8, 4) is 5.75 Å². The van der Waals surface area contributed by atoms with E-state index in [1.807, 2.05) is 0 Å². The van der Waals surface area contributed by atoms with E-state index in [-0.39, 0.29) is 29.7 Å². The molecule has 1 aliphatic heterocycles. The van der Waals surface area contributed by atoms with Gasteiger partial charge in [-0.3, -0.25) is 0 Å². The lowest BCUT2D eigenvalue weighted by Gasteiger charge is -2.35. The van der Waals surface area contributed by atoms with Gasteiger partial charge in [-0.1, -0.05) is 0 Å². The third-order valence-corrected chi connectivity index (χ3v) is 6.62. The van der Waals surface area contributed by atoms with Gasteiger partial charge in [-0.05, 0) is 57.1 Å². The maximum absolute atomic E-state index is 14.2. The molecule has 1 saturated heterocycles. The Morgan fingerprint density at radius 1 is 1.16 bits per heavy atom. The zero-order valence-corrected chi connectivity index (χ0v) is 19.0. The van der Waals surface area contributed by atoms with Gasteiger partial charge in [-0.2, -0.15) is 8.78 Å². The van der Waals surface area contributed by atoms with Gasteiger partial charge in [0.2, 0.25) is 10.0 Å². The first-order chi connectivity index (χ1) is 14.9. The van der Waals surface area contributed by atoms with Gasteiger partial charge in [-0.25, -0.2) is 21.9 Å². The van der Waals surface area contributed by atoms with Crippen molar-refractivity contribution in [1.82, 2.24) is 10.0 Å². The van der Waals surface area contributed by atoms with E-state index in [0.717, 1.165) is 31.7 Å². The highest BCUT2D eigenvalue weighted by atomic mass is 32.2. The van der Waals surface area contributed by atoms with Gasteiger partial charge in [-0.15, -0.1) is 0 Å². The zero-order valence-electron chi connectivity index (χ0n) is 18.2. The topological polar surface area (TPSA) is 76.7 Å². The Bertz CT molecular complexity index is 887. The summed E-state index contributed by atoms with van der Waals surface area (Å²) in [6, 6.07) is 1.20. The molecule has 0 aromatic heterocycles. The second kappa shape index (κ2) is 10.2. The first kappa shape index (κ1) is 25.2. The highest BCUT2D eigenvalue weighted by molar-refractivity contribution is 7.88. The van der Waals surface area contributed by atoms with E-state index in [0.29, 0.717) is 45.3 Å². The summed E-state index contributed by atoms with van der Waals surface area (Å²) in [6.45, 7) is 1.61. The third kappa shape index (κ3) is 7.29. The summed E-state index contributed by atoms with van der Waals surface area (Å²) in [5, 5.41) is 3.28. The van der Waals surface area contributed by atoms with Crippen molar-refractivity contribution in [2.45, 2.75) is 75.7 Å². The van der Waals surface area contributed by atoms with Crippen LogP contribution in [0.15, 0.2) is 12.1 Å². The highest BCUT2D eigenvalue weighted by Gasteiger charge is 2.33. The summed E-state index contributed by atoms with van der Waals surface area (Å²) in [5.74, 6) is -2.92. The quantitative estimate of drug-likeness (QED) is 0.553. The number of nitrogens with one attached hydrogen (secondary N) is 2. The normalized spacial score (nSPS) is 27.3. The second-order valence-electron chi connectivity index (χ2n) is 8.72. The van der Waals surface area contributed by atoms with E-state index in [4.69, 9.17) is 4.74 Å². The van der Waals surface area contributed by atoms with Gasteiger partial charge in [0.1, 0.15) is 5.82 Å². The number of sulfonamides is 1. The molecule has 1 aromatic rings. The first-order valence-corrected chi connectivity index (χ1v) is 12.7. The maximum atomic E-state index is 14.2. The molecule has 2 aliphatic rings. The van der Waals surface area contributed by atoms with Crippen molar-refractivity contribution in [2.75, 3.05) is 19.4 Å². The second-order valence-corrected chi connectivity index (χ2v) is 10.5. The minimum atomic E-state index is -3.59. The van der Waals surface area contributed by atoms with Crippen molar-refractivity contribution >= 4 is 10.0 Å². The van der Waals surface area contributed by atoms with Gasteiger partial charge in [0, 0.05) is 30.6 Å². The molecular weight excluding hydrogens is 452 g/mol. The molecule has 2 N–H and O–H groups in total. The molecule has 0 bridgehead atoms. The largest absolute Gasteiger partial charge is 0.429 e. The van der Waals surface area contributed by atoms with Gasteiger partial charge >= 0.3 is 6.11 Å². The van der Waals surface area contributed by atoms with Crippen LogP contribution in [0.2, 0.25) is 0 Å². The number of benzene rings is 1.